The lowest BCUT2D eigenvalue weighted by atomic mass is 9.83. The summed E-state index contributed by atoms with van der Waals surface area (Å²) in [6.45, 7) is 8.74. The number of nitrogens with one attached hydrogen (secondary N) is 1. The maximum Gasteiger partial charge on any atom is 0.244 e. The standard InChI is InChI=1S/C18H32N2O/c1-5-7-16-19-18(4,6-2)17(21)20(16)12(3)15-11-13-8-9-14(15)10-13/h12-16,19H,5-11H2,1-4H3. The highest BCUT2D eigenvalue weighted by atomic mass is 16.2. The number of amides is 1. The number of carbonyl (C=O) groups is 1. The van der Waals surface area contributed by atoms with E-state index in [0.717, 1.165) is 37.0 Å². The molecule has 1 amide bonds. The Morgan fingerprint density at radius 1 is 1.33 bits per heavy atom. The second-order valence-corrected chi connectivity index (χ2v) is 7.93. The molecular formula is C18H32N2O. The molecule has 0 spiro atoms. The first-order valence-corrected chi connectivity index (χ1v) is 9.10. The van der Waals surface area contributed by atoms with Crippen LogP contribution >= 0.6 is 0 Å². The van der Waals surface area contributed by atoms with Gasteiger partial charge in [-0.15, -0.1) is 0 Å². The molecule has 1 saturated heterocycles. The van der Waals surface area contributed by atoms with Crippen molar-refractivity contribution in [1.29, 1.82) is 0 Å². The highest BCUT2D eigenvalue weighted by Crippen LogP contribution is 2.51. The monoisotopic (exact) mass is 292 g/mol. The quantitative estimate of drug-likeness (QED) is 0.840. The molecule has 21 heavy (non-hydrogen) atoms. The molecule has 6 unspecified atom stereocenters. The molecule has 1 aliphatic heterocycles. The van der Waals surface area contributed by atoms with Gasteiger partial charge in [0.2, 0.25) is 5.91 Å². The Labute approximate surface area is 129 Å². The van der Waals surface area contributed by atoms with Crippen LogP contribution in [0.4, 0.5) is 0 Å². The van der Waals surface area contributed by atoms with Crippen molar-refractivity contribution in [2.24, 2.45) is 17.8 Å². The van der Waals surface area contributed by atoms with E-state index in [9.17, 15) is 4.79 Å². The zero-order valence-electron chi connectivity index (χ0n) is 14.2. The summed E-state index contributed by atoms with van der Waals surface area (Å²) in [6, 6.07) is 0.408. The fraction of sp³-hybridized carbons (Fsp3) is 0.944. The number of nitrogens with zero attached hydrogens (tertiary/aromatic N) is 1. The molecule has 1 heterocycles. The summed E-state index contributed by atoms with van der Waals surface area (Å²) in [5.41, 5.74) is -0.342. The number of carbonyl (C=O) groups excluding carboxylic acids is 1. The minimum Gasteiger partial charge on any atom is -0.323 e. The molecule has 0 aromatic carbocycles. The Balaban J connectivity index is 1.79. The third kappa shape index (κ3) is 2.42. The second-order valence-electron chi connectivity index (χ2n) is 7.93. The van der Waals surface area contributed by atoms with E-state index < -0.39 is 0 Å². The van der Waals surface area contributed by atoms with Crippen LogP contribution in [-0.4, -0.2) is 28.6 Å². The van der Waals surface area contributed by atoms with Gasteiger partial charge in [-0.2, -0.15) is 0 Å². The zero-order chi connectivity index (χ0) is 15.2. The molecule has 0 aromatic rings. The summed E-state index contributed by atoms with van der Waals surface area (Å²) >= 11 is 0. The molecule has 120 valence electrons. The van der Waals surface area contributed by atoms with Gasteiger partial charge >= 0.3 is 0 Å². The first-order chi connectivity index (χ1) is 10.00. The third-order valence-electron chi connectivity index (χ3n) is 6.65. The maximum absolute atomic E-state index is 13.0. The van der Waals surface area contributed by atoms with Crippen molar-refractivity contribution < 1.29 is 4.79 Å². The predicted octanol–water partition coefficient (Wildman–Crippen LogP) is 3.54. The van der Waals surface area contributed by atoms with E-state index in [1.54, 1.807) is 0 Å². The predicted molar refractivity (Wildman–Crippen MR) is 85.8 cm³/mol. The molecule has 3 nitrogen and oxygen atoms in total. The molecule has 2 saturated carbocycles. The average molecular weight is 292 g/mol. The largest absolute Gasteiger partial charge is 0.323 e. The highest BCUT2D eigenvalue weighted by molar-refractivity contribution is 5.88. The van der Waals surface area contributed by atoms with Crippen LogP contribution in [0.1, 0.15) is 72.6 Å². The maximum atomic E-state index is 13.0. The minimum atomic E-state index is -0.342. The summed E-state index contributed by atoms with van der Waals surface area (Å²) < 4.78 is 0. The van der Waals surface area contributed by atoms with Crippen LogP contribution in [0.5, 0.6) is 0 Å². The van der Waals surface area contributed by atoms with Gasteiger partial charge in [0.15, 0.2) is 0 Å². The molecule has 0 radical (unpaired) electrons. The minimum absolute atomic E-state index is 0.251. The Morgan fingerprint density at radius 3 is 2.62 bits per heavy atom. The molecule has 0 aromatic heterocycles. The number of hydrogen-bond acceptors (Lipinski definition) is 2. The van der Waals surface area contributed by atoms with E-state index in [4.69, 9.17) is 0 Å². The van der Waals surface area contributed by atoms with E-state index in [0.29, 0.717) is 11.9 Å². The zero-order valence-corrected chi connectivity index (χ0v) is 14.2. The third-order valence-corrected chi connectivity index (χ3v) is 6.65. The Bertz CT molecular complexity index is 410. The fourth-order valence-electron chi connectivity index (χ4n) is 5.22. The van der Waals surface area contributed by atoms with Gasteiger partial charge in [-0.05, 0) is 63.7 Å². The summed E-state index contributed by atoms with van der Waals surface area (Å²) in [5.74, 6) is 2.93. The first kappa shape index (κ1) is 15.3. The van der Waals surface area contributed by atoms with Crippen molar-refractivity contribution in [3.63, 3.8) is 0 Å². The van der Waals surface area contributed by atoms with Gasteiger partial charge in [0, 0.05) is 6.04 Å². The highest BCUT2D eigenvalue weighted by Gasteiger charge is 2.51. The van der Waals surface area contributed by atoms with Crippen molar-refractivity contribution in [2.75, 3.05) is 0 Å². The van der Waals surface area contributed by atoms with E-state index in [2.05, 4.69) is 37.9 Å². The second kappa shape index (κ2) is 5.57. The number of fused-ring (bicyclic) bond motifs is 2. The van der Waals surface area contributed by atoms with Gasteiger partial charge < -0.3 is 4.90 Å². The van der Waals surface area contributed by atoms with Gasteiger partial charge in [-0.3, -0.25) is 10.1 Å². The van der Waals surface area contributed by atoms with E-state index in [1.165, 1.54) is 25.7 Å². The number of hydrogen-bond donors (Lipinski definition) is 1. The lowest BCUT2D eigenvalue weighted by Gasteiger charge is -2.37. The molecule has 3 rings (SSSR count). The Morgan fingerprint density at radius 2 is 2.10 bits per heavy atom. The Kier molecular flexibility index (Phi) is 4.06. The molecule has 2 aliphatic carbocycles. The van der Waals surface area contributed by atoms with Crippen molar-refractivity contribution >= 4 is 5.91 Å². The summed E-state index contributed by atoms with van der Waals surface area (Å²) in [7, 11) is 0. The lowest BCUT2D eigenvalue weighted by Crippen LogP contribution is -2.48. The van der Waals surface area contributed by atoms with Crippen LogP contribution < -0.4 is 5.32 Å². The van der Waals surface area contributed by atoms with Crippen LogP contribution in [0.2, 0.25) is 0 Å². The summed E-state index contributed by atoms with van der Waals surface area (Å²) in [5, 5.41) is 3.64. The van der Waals surface area contributed by atoms with Gasteiger partial charge in [-0.25, -0.2) is 0 Å². The van der Waals surface area contributed by atoms with Gasteiger partial charge in [0.25, 0.3) is 0 Å². The smallest absolute Gasteiger partial charge is 0.244 e. The van der Waals surface area contributed by atoms with Crippen molar-refractivity contribution in [2.45, 2.75) is 90.4 Å². The van der Waals surface area contributed by atoms with Crippen molar-refractivity contribution in [1.82, 2.24) is 10.2 Å². The van der Waals surface area contributed by atoms with Gasteiger partial charge in [-0.1, -0.05) is 26.7 Å². The van der Waals surface area contributed by atoms with Crippen LogP contribution in [0.25, 0.3) is 0 Å². The van der Waals surface area contributed by atoms with Crippen LogP contribution in [0.3, 0.4) is 0 Å². The molecule has 3 fully saturated rings. The van der Waals surface area contributed by atoms with E-state index >= 15 is 0 Å². The molecule has 3 aliphatic rings. The van der Waals surface area contributed by atoms with E-state index in [-0.39, 0.29) is 11.7 Å². The molecule has 1 N–H and O–H groups in total. The van der Waals surface area contributed by atoms with E-state index in [1.807, 2.05) is 0 Å². The van der Waals surface area contributed by atoms with Gasteiger partial charge in [0.05, 0.1) is 11.7 Å². The topological polar surface area (TPSA) is 32.3 Å². The number of rotatable bonds is 5. The van der Waals surface area contributed by atoms with Crippen molar-refractivity contribution in [3.8, 4) is 0 Å². The van der Waals surface area contributed by atoms with Crippen molar-refractivity contribution in [3.05, 3.63) is 0 Å². The first-order valence-electron chi connectivity index (χ1n) is 9.10. The molecule has 6 atom stereocenters. The van der Waals surface area contributed by atoms with Crippen LogP contribution in [-0.2, 0) is 4.79 Å². The fourth-order valence-corrected chi connectivity index (χ4v) is 5.22. The van der Waals surface area contributed by atoms with Gasteiger partial charge in [0.1, 0.15) is 0 Å². The molecular weight excluding hydrogens is 260 g/mol. The molecule has 3 heteroatoms. The lowest BCUT2D eigenvalue weighted by molar-refractivity contribution is -0.136. The normalized spacial score (nSPS) is 43.8. The summed E-state index contributed by atoms with van der Waals surface area (Å²) in [4.78, 5) is 15.2. The summed E-state index contributed by atoms with van der Waals surface area (Å²) in [6.07, 6.45) is 8.96. The van der Waals surface area contributed by atoms with Crippen LogP contribution in [0.15, 0.2) is 0 Å². The Hall–Kier alpha value is -0.570. The van der Waals surface area contributed by atoms with Crippen LogP contribution in [0, 0.1) is 17.8 Å². The SMILES string of the molecule is CCCC1NC(C)(CC)C(=O)N1C(C)C1CC2CCC1C2. The average Bonchev–Trinajstić information content (AvgIpc) is 3.14. The molecule has 2 bridgehead atoms.